The van der Waals surface area contributed by atoms with E-state index in [9.17, 15) is 5.11 Å². The summed E-state index contributed by atoms with van der Waals surface area (Å²) in [5, 5.41) is 11.7. The SMILES string of the molecule is C[C@@H]1[C@@H](c2ccccc2)O[C@@](O)(c2ccc(Cl)cc2)CN1C.Cl. The molecule has 0 spiro atoms. The van der Waals surface area contributed by atoms with Gasteiger partial charge in [0.15, 0.2) is 0 Å². The Morgan fingerprint density at radius 1 is 1.13 bits per heavy atom. The molecule has 124 valence electrons. The van der Waals surface area contributed by atoms with E-state index in [-0.39, 0.29) is 24.6 Å². The number of likely N-dealkylation sites (N-methyl/N-ethyl adjacent to an activating group) is 1. The van der Waals surface area contributed by atoms with E-state index in [1.54, 1.807) is 12.1 Å². The Bertz CT molecular complexity index is 635. The van der Waals surface area contributed by atoms with Crippen LogP contribution in [0.2, 0.25) is 5.02 Å². The van der Waals surface area contributed by atoms with Gasteiger partial charge in [-0.05, 0) is 31.7 Å². The number of hydrogen-bond donors (Lipinski definition) is 1. The molecule has 0 aromatic heterocycles. The van der Waals surface area contributed by atoms with Gasteiger partial charge in [-0.1, -0.05) is 54.1 Å². The lowest BCUT2D eigenvalue weighted by atomic mass is 9.96. The van der Waals surface area contributed by atoms with Gasteiger partial charge in [-0.15, -0.1) is 12.4 Å². The van der Waals surface area contributed by atoms with Crippen molar-refractivity contribution in [2.75, 3.05) is 13.6 Å². The number of benzene rings is 2. The first-order valence-corrected chi connectivity index (χ1v) is 7.79. The summed E-state index contributed by atoms with van der Waals surface area (Å²) in [6.07, 6.45) is -0.194. The molecule has 2 aromatic carbocycles. The highest BCUT2D eigenvalue weighted by Crippen LogP contribution is 2.39. The highest BCUT2D eigenvalue weighted by atomic mass is 35.5. The van der Waals surface area contributed by atoms with Crippen LogP contribution < -0.4 is 0 Å². The molecule has 3 nitrogen and oxygen atoms in total. The van der Waals surface area contributed by atoms with E-state index in [4.69, 9.17) is 16.3 Å². The molecule has 2 aromatic rings. The maximum atomic E-state index is 11.0. The molecule has 0 radical (unpaired) electrons. The van der Waals surface area contributed by atoms with Crippen LogP contribution in [0.15, 0.2) is 54.6 Å². The number of rotatable bonds is 2. The Hall–Kier alpha value is -1.10. The molecule has 1 aliphatic rings. The molecule has 0 bridgehead atoms. The molecule has 0 aliphatic carbocycles. The zero-order chi connectivity index (χ0) is 15.7. The largest absolute Gasteiger partial charge is 0.361 e. The van der Waals surface area contributed by atoms with Crippen LogP contribution in [0.5, 0.6) is 0 Å². The van der Waals surface area contributed by atoms with E-state index in [0.29, 0.717) is 11.6 Å². The monoisotopic (exact) mass is 353 g/mol. The lowest BCUT2D eigenvalue weighted by molar-refractivity contribution is -0.289. The van der Waals surface area contributed by atoms with Crippen LogP contribution in [0.25, 0.3) is 0 Å². The van der Waals surface area contributed by atoms with Crippen LogP contribution >= 0.6 is 24.0 Å². The van der Waals surface area contributed by atoms with Gasteiger partial charge in [0.05, 0.1) is 6.54 Å². The standard InChI is InChI=1S/C18H20ClNO2.ClH/c1-13-17(14-6-4-3-5-7-14)22-18(21,12-20(13)2)15-8-10-16(19)11-9-15;/h3-11,13,17,21H,12H2,1-2H3;1H/t13-,17+,18-;/m1./s1. The molecule has 1 N–H and O–H groups in total. The fourth-order valence-corrected chi connectivity index (χ4v) is 3.04. The summed E-state index contributed by atoms with van der Waals surface area (Å²) >= 11 is 5.94. The van der Waals surface area contributed by atoms with Gasteiger partial charge in [0.2, 0.25) is 5.79 Å². The molecule has 0 unspecified atom stereocenters. The molecule has 3 atom stereocenters. The lowest BCUT2D eigenvalue weighted by Gasteiger charge is -2.46. The van der Waals surface area contributed by atoms with Crippen molar-refractivity contribution in [1.82, 2.24) is 4.90 Å². The number of aliphatic hydroxyl groups is 1. The van der Waals surface area contributed by atoms with Crippen molar-refractivity contribution in [3.8, 4) is 0 Å². The van der Waals surface area contributed by atoms with Crippen LogP contribution in [0, 0.1) is 0 Å². The Kier molecular flexibility index (Phi) is 5.71. The molecule has 3 rings (SSSR count). The average Bonchev–Trinajstić information content (AvgIpc) is 2.52. The average molecular weight is 354 g/mol. The van der Waals surface area contributed by atoms with E-state index >= 15 is 0 Å². The normalized spacial score (nSPS) is 28.2. The summed E-state index contributed by atoms with van der Waals surface area (Å²) in [5.41, 5.74) is 1.78. The smallest absolute Gasteiger partial charge is 0.206 e. The number of ether oxygens (including phenoxy) is 1. The van der Waals surface area contributed by atoms with Crippen molar-refractivity contribution in [2.24, 2.45) is 0 Å². The Morgan fingerprint density at radius 2 is 1.74 bits per heavy atom. The maximum Gasteiger partial charge on any atom is 0.206 e. The van der Waals surface area contributed by atoms with Gasteiger partial charge in [0.25, 0.3) is 0 Å². The first-order valence-electron chi connectivity index (χ1n) is 7.41. The van der Waals surface area contributed by atoms with Crippen molar-refractivity contribution < 1.29 is 9.84 Å². The quantitative estimate of drug-likeness (QED) is 0.885. The van der Waals surface area contributed by atoms with Gasteiger partial charge >= 0.3 is 0 Å². The van der Waals surface area contributed by atoms with Crippen LogP contribution in [-0.2, 0) is 10.5 Å². The first kappa shape index (κ1) is 18.2. The topological polar surface area (TPSA) is 32.7 Å². The fraction of sp³-hybridized carbons (Fsp3) is 0.333. The van der Waals surface area contributed by atoms with E-state index in [2.05, 4.69) is 11.8 Å². The van der Waals surface area contributed by atoms with E-state index in [1.807, 2.05) is 49.5 Å². The molecule has 5 heteroatoms. The Morgan fingerprint density at radius 3 is 2.35 bits per heavy atom. The van der Waals surface area contributed by atoms with Gasteiger partial charge in [-0.3, -0.25) is 4.90 Å². The number of nitrogens with zero attached hydrogens (tertiary/aromatic N) is 1. The zero-order valence-corrected chi connectivity index (χ0v) is 14.7. The number of halogens is 2. The molecule has 1 fully saturated rings. The van der Waals surface area contributed by atoms with Crippen molar-refractivity contribution in [3.05, 3.63) is 70.7 Å². The second kappa shape index (κ2) is 7.20. The van der Waals surface area contributed by atoms with Crippen molar-refractivity contribution in [3.63, 3.8) is 0 Å². The summed E-state index contributed by atoms with van der Waals surface area (Å²) in [5.74, 6) is -1.34. The van der Waals surface area contributed by atoms with Crippen LogP contribution in [0.4, 0.5) is 0 Å². The Labute approximate surface area is 148 Å². The molecule has 1 saturated heterocycles. The molecule has 23 heavy (non-hydrogen) atoms. The molecule has 0 amide bonds. The third kappa shape index (κ3) is 3.70. The van der Waals surface area contributed by atoms with Crippen molar-refractivity contribution in [2.45, 2.75) is 24.9 Å². The molecule has 1 heterocycles. The lowest BCUT2D eigenvalue weighted by Crippen LogP contribution is -2.53. The van der Waals surface area contributed by atoms with E-state index in [1.165, 1.54) is 0 Å². The maximum absolute atomic E-state index is 11.0. The summed E-state index contributed by atoms with van der Waals surface area (Å²) < 4.78 is 6.14. The summed E-state index contributed by atoms with van der Waals surface area (Å²) in [7, 11) is 2.00. The molecule has 0 saturated carbocycles. The third-order valence-corrected chi connectivity index (χ3v) is 4.59. The minimum Gasteiger partial charge on any atom is -0.361 e. The highest BCUT2D eigenvalue weighted by Gasteiger charge is 2.43. The molecule has 1 aliphatic heterocycles. The van der Waals surface area contributed by atoms with E-state index in [0.717, 1.165) is 11.1 Å². The van der Waals surface area contributed by atoms with Crippen LogP contribution in [-0.4, -0.2) is 29.6 Å². The minimum atomic E-state index is -1.34. The van der Waals surface area contributed by atoms with Crippen LogP contribution in [0.1, 0.15) is 24.2 Å². The van der Waals surface area contributed by atoms with Gasteiger partial charge in [0, 0.05) is 16.6 Å². The van der Waals surface area contributed by atoms with Gasteiger partial charge in [-0.25, -0.2) is 0 Å². The Balaban J connectivity index is 0.00000192. The highest BCUT2D eigenvalue weighted by molar-refractivity contribution is 6.30. The number of β-amino-alcohol motifs (C(OH)–C–C–N with tert-alkyl or cyclic N) is 1. The number of hydrogen-bond acceptors (Lipinski definition) is 3. The second-order valence-electron chi connectivity index (χ2n) is 5.90. The van der Waals surface area contributed by atoms with Crippen molar-refractivity contribution >= 4 is 24.0 Å². The van der Waals surface area contributed by atoms with Crippen LogP contribution in [0.3, 0.4) is 0 Å². The summed E-state index contributed by atoms with van der Waals surface area (Å²) in [6.45, 7) is 2.53. The predicted molar refractivity (Wildman–Crippen MR) is 95.0 cm³/mol. The molecular formula is C18H21Cl2NO2. The number of morpholine rings is 1. The van der Waals surface area contributed by atoms with Gasteiger partial charge in [-0.2, -0.15) is 0 Å². The summed E-state index contributed by atoms with van der Waals surface area (Å²) in [4.78, 5) is 2.12. The predicted octanol–water partition coefficient (Wildman–Crippen LogP) is 4.00. The fourth-order valence-electron chi connectivity index (χ4n) is 2.92. The second-order valence-corrected chi connectivity index (χ2v) is 6.33. The van der Waals surface area contributed by atoms with Gasteiger partial charge in [0.1, 0.15) is 6.10 Å². The van der Waals surface area contributed by atoms with Gasteiger partial charge < -0.3 is 9.84 Å². The first-order chi connectivity index (χ1) is 10.5. The zero-order valence-electron chi connectivity index (χ0n) is 13.1. The van der Waals surface area contributed by atoms with E-state index < -0.39 is 5.79 Å². The summed E-state index contributed by atoms with van der Waals surface area (Å²) in [6, 6.07) is 17.4. The van der Waals surface area contributed by atoms with Crippen molar-refractivity contribution in [1.29, 1.82) is 0 Å². The third-order valence-electron chi connectivity index (χ3n) is 4.34. The molecular weight excluding hydrogens is 333 g/mol. The minimum absolute atomic E-state index is 0.